The third-order valence-corrected chi connectivity index (χ3v) is 10.5. The van der Waals surface area contributed by atoms with E-state index in [-0.39, 0.29) is 43.5 Å². The maximum atomic E-state index is 14.7. The quantitative estimate of drug-likeness (QED) is 0.399. The SMILES string of the molecule is C[C@H]1[C@H](C(C)(C)O)[C@@H](CC(=O)N2Cc3ccccc3C[C@H]2CO)O[C@]12C(=O)N(Cc1ccc(N3CCOC3=O)cc1)c1ccccc12. The molecule has 2 saturated heterocycles. The highest BCUT2D eigenvalue weighted by Gasteiger charge is 2.66. The van der Waals surface area contributed by atoms with Gasteiger partial charge in [0.2, 0.25) is 5.91 Å². The van der Waals surface area contributed by atoms with Gasteiger partial charge in [0, 0.05) is 29.6 Å². The third kappa shape index (κ3) is 5.19. The van der Waals surface area contributed by atoms with Gasteiger partial charge in [-0.2, -0.15) is 0 Å². The molecule has 0 saturated carbocycles. The Hall–Kier alpha value is -4.25. The molecule has 0 unspecified atom stereocenters. The number of hydrogen-bond donors (Lipinski definition) is 2. The van der Waals surface area contributed by atoms with E-state index in [0.29, 0.717) is 26.1 Å². The summed E-state index contributed by atoms with van der Waals surface area (Å²) in [6.45, 7) is 6.70. The number of ether oxygens (including phenoxy) is 2. The number of benzene rings is 3. The second-order valence-corrected chi connectivity index (χ2v) is 13.7. The van der Waals surface area contributed by atoms with Crippen molar-refractivity contribution in [3.63, 3.8) is 0 Å². The molecule has 3 amide bonds. The van der Waals surface area contributed by atoms with Crippen molar-refractivity contribution < 1.29 is 34.1 Å². The minimum absolute atomic E-state index is 0.0325. The number of carbonyl (C=O) groups excluding carboxylic acids is 3. The Morgan fingerprint density at radius 3 is 2.38 bits per heavy atom. The summed E-state index contributed by atoms with van der Waals surface area (Å²) in [5, 5.41) is 21.7. The fourth-order valence-corrected chi connectivity index (χ4v) is 8.31. The second-order valence-electron chi connectivity index (χ2n) is 13.7. The van der Waals surface area contributed by atoms with Gasteiger partial charge in [-0.15, -0.1) is 0 Å². The number of rotatable bonds is 7. The topological polar surface area (TPSA) is 120 Å². The number of nitrogens with zero attached hydrogens (tertiary/aromatic N) is 3. The lowest BCUT2D eigenvalue weighted by molar-refractivity contribution is -0.151. The number of amides is 3. The maximum absolute atomic E-state index is 14.7. The van der Waals surface area contributed by atoms with E-state index >= 15 is 0 Å². The van der Waals surface area contributed by atoms with Gasteiger partial charge >= 0.3 is 6.09 Å². The van der Waals surface area contributed by atoms with Crippen LogP contribution in [-0.4, -0.2) is 70.5 Å². The van der Waals surface area contributed by atoms with Crippen molar-refractivity contribution >= 4 is 29.3 Å². The summed E-state index contributed by atoms with van der Waals surface area (Å²) < 4.78 is 11.9. The highest BCUT2D eigenvalue weighted by molar-refractivity contribution is 6.07. The number of para-hydroxylation sites is 1. The zero-order chi connectivity index (χ0) is 33.1. The molecule has 4 aliphatic heterocycles. The molecule has 3 aromatic rings. The molecule has 0 radical (unpaired) electrons. The predicted molar refractivity (Wildman–Crippen MR) is 174 cm³/mol. The van der Waals surface area contributed by atoms with E-state index in [0.717, 1.165) is 33.6 Å². The number of cyclic esters (lactones) is 1. The fraction of sp³-hybridized carbons (Fsp3) is 0.432. The Kier molecular flexibility index (Phi) is 7.85. The Morgan fingerprint density at radius 1 is 1.00 bits per heavy atom. The molecule has 7 rings (SSSR count). The molecule has 246 valence electrons. The predicted octanol–water partition coefficient (Wildman–Crippen LogP) is 4.14. The molecule has 0 aliphatic carbocycles. The van der Waals surface area contributed by atoms with Crippen LogP contribution in [0.3, 0.4) is 0 Å². The van der Waals surface area contributed by atoms with E-state index in [4.69, 9.17) is 9.47 Å². The van der Waals surface area contributed by atoms with E-state index in [1.165, 1.54) is 0 Å². The lowest BCUT2D eigenvalue weighted by atomic mass is 9.70. The van der Waals surface area contributed by atoms with Crippen molar-refractivity contribution in [2.75, 3.05) is 29.6 Å². The van der Waals surface area contributed by atoms with E-state index in [1.54, 1.807) is 28.5 Å². The number of fused-ring (bicyclic) bond motifs is 3. The molecule has 10 nitrogen and oxygen atoms in total. The number of aliphatic hydroxyl groups excluding tert-OH is 1. The van der Waals surface area contributed by atoms with Gasteiger partial charge in [0.1, 0.15) is 6.61 Å². The molecule has 5 atom stereocenters. The maximum Gasteiger partial charge on any atom is 0.414 e. The van der Waals surface area contributed by atoms with Gasteiger partial charge in [-0.25, -0.2) is 4.79 Å². The van der Waals surface area contributed by atoms with Gasteiger partial charge < -0.3 is 29.5 Å². The van der Waals surface area contributed by atoms with E-state index in [2.05, 4.69) is 0 Å². The van der Waals surface area contributed by atoms with Crippen molar-refractivity contribution in [1.29, 1.82) is 0 Å². The molecular weight excluding hydrogens is 598 g/mol. The summed E-state index contributed by atoms with van der Waals surface area (Å²) in [5.74, 6) is -1.41. The molecule has 4 aliphatic rings. The van der Waals surface area contributed by atoms with Crippen LogP contribution >= 0.6 is 0 Å². The van der Waals surface area contributed by atoms with Crippen LogP contribution in [0.2, 0.25) is 0 Å². The normalized spacial score (nSPS) is 27.0. The first-order valence-corrected chi connectivity index (χ1v) is 16.3. The van der Waals surface area contributed by atoms with Gasteiger partial charge in [-0.1, -0.05) is 61.5 Å². The minimum Gasteiger partial charge on any atom is -0.447 e. The van der Waals surface area contributed by atoms with Gasteiger partial charge in [0.15, 0.2) is 5.60 Å². The monoisotopic (exact) mass is 639 g/mol. The standard InChI is InChI=1S/C37H41N3O7/c1-23-33(36(2,3)45)31(19-32(42)39-21-26-9-5-4-8-25(26)18-28(39)22-41)47-37(23)29-10-6-7-11-30(29)40(34(37)43)20-24-12-14-27(15-13-24)38-16-17-46-35(38)44/h4-15,23,28,31,33,41,45H,16-22H2,1-3H3/t23-,28-,31+,33-,37+/m0/s1. The molecule has 2 N–H and O–H groups in total. The number of carbonyl (C=O) groups is 3. The summed E-state index contributed by atoms with van der Waals surface area (Å²) in [4.78, 5) is 45.7. The lowest BCUT2D eigenvalue weighted by Crippen LogP contribution is -2.48. The zero-order valence-electron chi connectivity index (χ0n) is 27.0. The van der Waals surface area contributed by atoms with Crippen LogP contribution < -0.4 is 9.80 Å². The minimum atomic E-state index is -1.39. The van der Waals surface area contributed by atoms with Crippen molar-refractivity contribution in [2.24, 2.45) is 11.8 Å². The summed E-state index contributed by atoms with van der Waals surface area (Å²) in [6, 6.07) is 22.7. The summed E-state index contributed by atoms with van der Waals surface area (Å²) in [6.07, 6.45) is -0.592. The molecule has 0 aromatic heterocycles. The lowest BCUT2D eigenvalue weighted by Gasteiger charge is -2.38. The van der Waals surface area contributed by atoms with Crippen LogP contribution in [0.25, 0.3) is 0 Å². The molecule has 1 spiro atoms. The Balaban J connectivity index is 1.18. The van der Waals surface area contributed by atoms with Crippen LogP contribution in [0.5, 0.6) is 0 Å². The molecule has 47 heavy (non-hydrogen) atoms. The van der Waals surface area contributed by atoms with E-state index in [1.807, 2.05) is 79.7 Å². The first kappa shape index (κ1) is 31.4. The first-order chi connectivity index (χ1) is 22.5. The molecule has 2 fully saturated rings. The zero-order valence-corrected chi connectivity index (χ0v) is 27.0. The second kappa shape index (κ2) is 11.8. The largest absolute Gasteiger partial charge is 0.447 e. The highest BCUT2D eigenvalue weighted by atomic mass is 16.6. The summed E-state index contributed by atoms with van der Waals surface area (Å²) in [7, 11) is 0. The molecule has 4 heterocycles. The summed E-state index contributed by atoms with van der Waals surface area (Å²) >= 11 is 0. The number of aliphatic hydroxyl groups is 2. The van der Waals surface area contributed by atoms with Crippen LogP contribution in [0.15, 0.2) is 72.8 Å². The first-order valence-electron chi connectivity index (χ1n) is 16.3. The summed E-state index contributed by atoms with van der Waals surface area (Å²) in [5.41, 5.74) is 2.57. The molecule has 3 aromatic carbocycles. The van der Waals surface area contributed by atoms with Gasteiger partial charge in [0.05, 0.1) is 49.6 Å². The molecule has 0 bridgehead atoms. The number of hydrogen-bond acceptors (Lipinski definition) is 7. The Morgan fingerprint density at radius 2 is 1.70 bits per heavy atom. The van der Waals surface area contributed by atoms with Gasteiger partial charge in [-0.05, 0) is 55.2 Å². The van der Waals surface area contributed by atoms with Crippen molar-refractivity contribution in [3.05, 3.63) is 95.1 Å². The Bertz CT molecular complexity index is 1700. The molecule has 10 heteroatoms. The smallest absolute Gasteiger partial charge is 0.414 e. The highest BCUT2D eigenvalue weighted by Crippen LogP contribution is 2.58. The van der Waals surface area contributed by atoms with E-state index < -0.39 is 29.1 Å². The van der Waals surface area contributed by atoms with Crippen molar-refractivity contribution in [2.45, 2.75) is 70.1 Å². The van der Waals surface area contributed by atoms with Crippen molar-refractivity contribution in [3.8, 4) is 0 Å². The third-order valence-electron chi connectivity index (χ3n) is 10.5. The number of anilines is 2. The van der Waals surface area contributed by atoms with Crippen LogP contribution in [0, 0.1) is 11.8 Å². The van der Waals surface area contributed by atoms with Gasteiger partial charge in [-0.3, -0.25) is 14.5 Å². The van der Waals surface area contributed by atoms with E-state index in [9.17, 15) is 24.6 Å². The Labute approximate surface area is 274 Å². The fourth-order valence-electron chi connectivity index (χ4n) is 8.31. The average molecular weight is 640 g/mol. The van der Waals surface area contributed by atoms with Crippen LogP contribution in [-0.2, 0) is 44.2 Å². The van der Waals surface area contributed by atoms with Crippen LogP contribution in [0.4, 0.5) is 16.2 Å². The van der Waals surface area contributed by atoms with Crippen molar-refractivity contribution in [1.82, 2.24) is 4.90 Å². The van der Waals surface area contributed by atoms with Crippen LogP contribution in [0.1, 0.15) is 49.4 Å². The van der Waals surface area contributed by atoms with Gasteiger partial charge in [0.25, 0.3) is 5.91 Å². The average Bonchev–Trinajstić information content (AvgIpc) is 3.69. The molecular formula is C37H41N3O7.